The van der Waals surface area contributed by atoms with E-state index in [1.165, 1.54) is 12.8 Å². The van der Waals surface area contributed by atoms with Crippen LogP contribution >= 0.6 is 0 Å². The van der Waals surface area contributed by atoms with Crippen molar-refractivity contribution in [2.45, 2.75) is 52.5 Å². The molecule has 0 radical (unpaired) electrons. The minimum Gasteiger partial charge on any atom is -0.338 e. The standard InChI is InChI=1S/C11H22N2O/c1-4-12-10(14)13-9-6-5-7-11(2,3)8-9/h9H,4-8H2,1-3H3,(H2,12,13,14). The second kappa shape index (κ2) is 4.67. The van der Waals surface area contributed by atoms with Crippen molar-refractivity contribution in [3.63, 3.8) is 0 Å². The normalized spacial score (nSPS) is 25.5. The highest BCUT2D eigenvalue weighted by atomic mass is 16.2. The highest BCUT2D eigenvalue weighted by Crippen LogP contribution is 2.34. The molecule has 0 saturated heterocycles. The Morgan fingerprint density at radius 2 is 2.21 bits per heavy atom. The first-order valence-corrected chi connectivity index (χ1v) is 5.58. The van der Waals surface area contributed by atoms with Crippen LogP contribution in [-0.2, 0) is 0 Å². The van der Waals surface area contributed by atoms with Crippen molar-refractivity contribution in [3.05, 3.63) is 0 Å². The van der Waals surface area contributed by atoms with Gasteiger partial charge < -0.3 is 10.6 Å². The van der Waals surface area contributed by atoms with Crippen molar-refractivity contribution in [1.29, 1.82) is 0 Å². The molecule has 0 aromatic carbocycles. The zero-order valence-electron chi connectivity index (χ0n) is 9.52. The molecular formula is C11H22N2O. The summed E-state index contributed by atoms with van der Waals surface area (Å²) in [4.78, 5) is 11.3. The minimum atomic E-state index is -0.0183. The van der Waals surface area contributed by atoms with Gasteiger partial charge in [-0.25, -0.2) is 4.79 Å². The molecule has 3 nitrogen and oxygen atoms in total. The summed E-state index contributed by atoms with van der Waals surface area (Å²) in [5.74, 6) is 0. The van der Waals surface area contributed by atoms with Crippen LogP contribution in [-0.4, -0.2) is 18.6 Å². The van der Waals surface area contributed by atoms with E-state index in [9.17, 15) is 4.79 Å². The van der Waals surface area contributed by atoms with E-state index in [2.05, 4.69) is 24.5 Å². The van der Waals surface area contributed by atoms with E-state index < -0.39 is 0 Å². The molecule has 1 fully saturated rings. The van der Waals surface area contributed by atoms with E-state index in [0.717, 1.165) is 12.8 Å². The largest absolute Gasteiger partial charge is 0.338 e. The van der Waals surface area contributed by atoms with Crippen molar-refractivity contribution in [3.8, 4) is 0 Å². The lowest BCUT2D eigenvalue weighted by molar-refractivity contribution is 0.192. The van der Waals surface area contributed by atoms with Gasteiger partial charge in [0, 0.05) is 12.6 Å². The van der Waals surface area contributed by atoms with E-state index in [0.29, 0.717) is 18.0 Å². The van der Waals surface area contributed by atoms with E-state index in [1.807, 2.05) is 6.92 Å². The van der Waals surface area contributed by atoms with Gasteiger partial charge >= 0.3 is 6.03 Å². The summed E-state index contributed by atoms with van der Waals surface area (Å²) >= 11 is 0. The monoisotopic (exact) mass is 198 g/mol. The summed E-state index contributed by atoms with van der Waals surface area (Å²) in [5, 5.41) is 5.80. The lowest BCUT2D eigenvalue weighted by atomic mass is 9.75. The third-order valence-corrected chi connectivity index (χ3v) is 2.88. The van der Waals surface area contributed by atoms with Crippen LogP contribution in [0.15, 0.2) is 0 Å². The number of nitrogens with one attached hydrogen (secondary N) is 2. The lowest BCUT2D eigenvalue weighted by Gasteiger charge is -2.35. The predicted octanol–water partition coefficient (Wildman–Crippen LogP) is 2.27. The molecule has 1 aliphatic carbocycles. The van der Waals surface area contributed by atoms with E-state index in [4.69, 9.17) is 0 Å². The molecule has 1 rings (SSSR count). The molecule has 0 aliphatic heterocycles. The fraction of sp³-hybridized carbons (Fsp3) is 0.909. The first-order valence-electron chi connectivity index (χ1n) is 5.58. The maximum atomic E-state index is 11.3. The molecule has 2 N–H and O–H groups in total. The Morgan fingerprint density at radius 1 is 1.50 bits per heavy atom. The average molecular weight is 198 g/mol. The maximum Gasteiger partial charge on any atom is 0.314 e. The van der Waals surface area contributed by atoms with Crippen LogP contribution in [0.3, 0.4) is 0 Å². The molecule has 1 atom stereocenters. The Morgan fingerprint density at radius 3 is 2.79 bits per heavy atom. The predicted molar refractivity (Wildman–Crippen MR) is 58.2 cm³/mol. The van der Waals surface area contributed by atoms with Gasteiger partial charge in [0.05, 0.1) is 0 Å². The molecule has 1 aliphatic rings. The minimum absolute atomic E-state index is 0.0183. The molecule has 0 aromatic rings. The zero-order chi connectivity index (χ0) is 10.6. The summed E-state index contributed by atoms with van der Waals surface area (Å²) in [7, 11) is 0. The van der Waals surface area contributed by atoms with Crippen LogP contribution in [0.1, 0.15) is 46.5 Å². The molecular weight excluding hydrogens is 176 g/mol. The fourth-order valence-electron chi connectivity index (χ4n) is 2.22. The topological polar surface area (TPSA) is 41.1 Å². The van der Waals surface area contributed by atoms with Crippen molar-refractivity contribution in [2.75, 3.05) is 6.54 Å². The van der Waals surface area contributed by atoms with Gasteiger partial charge in [0.25, 0.3) is 0 Å². The number of hydrogen-bond acceptors (Lipinski definition) is 1. The van der Waals surface area contributed by atoms with Crippen molar-refractivity contribution >= 4 is 6.03 Å². The van der Waals surface area contributed by atoms with Gasteiger partial charge in [-0.05, 0) is 31.6 Å². The van der Waals surface area contributed by atoms with Gasteiger partial charge in [-0.2, -0.15) is 0 Å². The number of amides is 2. The molecule has 0 bridgehead atoms. The van der Waals surface area contributed by atoms with E-state index in [-0.39, 0.29) is 6.03 Å². The van der Waals surface area contributed by atoms with Crippen LogP contribution in [0.2, 0.25) is 0 Å². The van der Waals surface area contributed by atoms with Gasteiger partial charge in [-0.3, -0.25) is 0 Å². The molecule has 0 aromatic heterocycles. The summed E-state index contributed by atoms with van der Waals surface area (Å²) in [6, 6.07) is 0.348. The van der Waals surface area contributed by atoms with Gasteiger partial charge in [0.1, 0.15) is 0 Å². The number of rotatable bonds is 2. The number of carbonyl (C=O) groups excluding carboxylic acids is 1. The van der Waals surface area contributed by atoms with E-state index in [1.54, 1.807) is 0 Å². The summed E-state index contributed by atoms with van der Waals surface area (Å²) in [6.07, 6.45) is 4.73. The van der Waals surface area contributed by atoms with Crippen LogP contribution in [0.4, 0.5) is 4.79 Å². The quantitative estimate of drug-likeness (QED) is 0.702. The number of urea groups is 1. The molecule has 1 unspecified atom stereocenters. The van der Waals surface area contributed by atoms with Crippen LogP contribution in [0.25, 0.3) is 0 Å². The first-order chi connectivity index (χ1) is 6.53. The van der Waals surface area contributed by atoms with Gasteiger partial charge in [-0.15, -0.1) is 0 Å². The number of carbonyl (C=O) groups is 1. The van der Waals surface area contributed by atoms with Crippen molar-refractivity contribution in [1.82, 2.24) is 10.6 Å². The maximum absolute atomic E-state index is 11.3. The SMILES string of the molecule is CCNC(=O)NC1CCCC(C)(C)C1. The first kappa shape index (κ1) is 11.3. The highest BCUT2D eigenvalue weighted by Gasteiger charge is 2.28. The van der Waals surface area contributed by atoms with Gasteiger partial charge in [-0.1, -0.05) is 20.3 Å². The van der Waals surface area contributed by atoms with Crippen molar-refractivity contribution in [2.24, 2.45) is 5.41 Å². The summed E-state index contributed by atoms with van der Waals surface area (Å²) in [6.45, 7) is 7.18. The third-order valence-electron chi connectivity index (χ3n) is 2.88. The molecule has 0 heterocycles. The molecule has 3 heteroatoms. The molecule has 82 valence electrons. The van der Waals surface area contributed by atoms with Gasteiger partial charge in [0.15, 0.2) is 0 Å². The van der Waals surface area contributed by atoms with Crippen LogP contribution in [0.5, 0.6) is 0 Å². The molecule has 1 saturated carbocycles. The van der Waals surface area contributed by atoms with E-state index >= 15 is 0 Å². The highest BCUT2D eigenvalue weighted by molar-refractivity contribution is 5.74. The fourth-order valence-corrected chi connectivity index (χ4v) is 2.22. The second-order valence-electron chi connectivity index (χ2n) is 4.96. The molecule has 0 spiro atoms. The Bertz CT molecular complexity index is 201. The Kier molecular flexibility index (Phi) is 3.78. The van der Waals surface area contributed by atoms with Crippen LogP contribution in [0, 0.1) is 5.41 Å². The third kappa shape index (κ3) is 3.56. The number of hydrogen-bond donors (Lipinski definition) is 2. The average Bonchev–Trinajstić information content (AvgIpc) is 2.02. The Labute approximate surface area is 86.6 Å². The zero-order valence-corrected chi connectivity index (χ0v) is 9.52. The van der Waals surface area contributed by atoms with Crippen LogP contribution < -0.4 is 10.6 Å². The van der Waals surface area contributed by atoms with Crippen molar-refractivity contribution < 1.29 is 4.79 Å². The second-order valence-corrected chi connectivity index (χ2v) is 4.96. The molecule has 14 heavy (non-hydrogen) atoms. The van der Waals surface area contributed by atoms with Gasteiger partial charge in [0.2, 0.25) is 0 Å². The Balaban J connectivity index is 2.34. The summed E-state index contributed by atoms with van der Waals surface area (Å²) < 4.78 is 0. The lowest BCUT2D eigenvalue weighted by Crippen LogP contribution is -2.45. The molecule has 2 amide bonds. The Hall–Kier alpha value is -0.730. The summed E-state index contributed by atoms with van der Waals surface area (Å²) in [5.41, 5.74) is 0.391. The smallest absolute Gasteiger partial charge is 0.314 e.